The number of benzene rings is 1. The minimum absolute atomic E-state index is 0.0418. The molecule has 0 aromatic heterocycles. The van der Waals surface area contributed by atoms with Crippen LogP contribution in [0.15, 0.2) is 12.1 Å². The summed E-state index contributed by atoms with van der Waals surface area (Å²) < 4.78 is 10.8. The predicted octanol–water partition coefficient (Wildman–Crippen LogP) is 3.12. The molecule has 6 nitrogen and oxygen atoms in total. The van der Waals surface area contributed by atoms with Crippen molar-refractivity contribution in [1.29, 1.82) is 0 Å². The second-order valence-corrected chi connectivity index (χ2v) is 7.06. The number of nitrogens with one attached hydrogen (secondary N) is 1. The SMILES string of the molecule is CCOc1c(Cl)cc(C(=O)N2CCC(C(=O)NC(C)C)CC2)cc1OC. The molecule has 0 bridgehead atoms. The van der Waals surface area contributed by atoms with Crippen LogP contribution in [0.25, 0.3) is 0 Å². The summed E-state index contributed by atoms with van der Waals surface area (Å²) in [7, 11) is 1.52. The number of carbonyl (C=O) groups is 2. The molecule has 26 heavy (non-hydrogen) atoms. The average molecular weight is 383 g/mol. The molecule has 1 fully saturated rings. The van der Waals surface area contributed by atoms with E-state index in [0.29, 0.717) is 54.6 Å². The maximum absolute atomic E-state index is 12.8. The van der Waals surface area contributed by atoms with Gasteiger partial charge in [-0.1, -0.05) is 11.6 Å². The number of nitrogens with zero attached hydrogens (tertiary/aromatic N) is 1. The van der Waals surface area contributed by atoms with Crippen LogP contribution in [0, 0.1) is 5.92 Å². The lowest BCUT2D eigenvalue weighted by Crippen LogP contribution is -2.44. The molecule has 2 rings (SSSR count). The number of carbonyl (C=O) groups excluding carboxylic acids is 2. The molecule has 0 aliphatic carbocycles. The summed E-state index contributed by atoms with van der Waals surface area (Å²) in [5.74, 6) is 0.792. The highest BCUT2D eigenvalue weighted by Gasteiger charge is 2.28. The van der Waals surface area contributed by atoms with Gasteiger partial charge in [0.2, 0.25) is 5.91 Å². The molecular formula is C19H27ClN2O4. The topological polar surface area (TPSA) is 67.9 Å². The highest BCUT2D eigenvalue weighted by atomic mass is 35.5. The zero-order valence-corrected chi connectivity index (χ0v) is 16.6. The molecule has 0 radical (unpaired) electrons. The molecule has 1 aromatic carbocycles. The average Bonchev–Trinajstić information content (AvgIpc) is 2.62. The van der Waals surface area contributed by atoms with E-state index in [-0.39, 0.29) is 23.8 Å². The van der Waals surface area contributed by atoms with E-state index in [1.165, 1.54) is 7.11 Å². The van der Waals surface area contributed by atoms with Crippen molar-refractivity contribution in [2.24, 2.45) is 5.92 Å². The molecule has 0 spiro atoms. The first-order chi connectivity index (χ1) is 12.4. The maximum atomic E-state index is 12.8. The molecule has 1 saturated heterocycles. The van der Waals surface area contributed by atoms with Crippen molar-refractivity contribution >= 4 is 23.4 Å². The van der Waals surface area contributed by atoms with Crippen LogP contribution in [0.3, 0.4) is 0 Å². The molecule has 2 amide bonds. The van der Waals surface area contributed by atoms with Gasteiger partial charge in [0.1, 0.15) is 0 Å². The van der Waals surface area contributed by atoms with Crippen LogP contribution < -0.4 is 14.8 Å². The standard InChI is InChI=1S/C19H27ClN2O4/c1-5-26-17-15(20)10-14(11-16(17)25-4)19(24)22-8-6-13(7-9-22)18(23)21-12(2)3/h10-13H,5-9H2,1-4H3,(H,21,23). The van der Waals surface area contributed by atoms with Crippen molar-refractivity contribution in [2.45, 2.75) is 39.7 Å². The van der Waals surface area contributed by atoms with Crippen LogP contribution >= 0.6 is 11.6 Å². The zero-order valence-electron chi connectivity index (χ0n) is 15.8. The first-order valence-corrected chi connectivity index (χ1v) is 9.35. The number of ether oxygens (including phenoxy) is 2. The lowest BCUT2D eigenvalue weighted by Gasteiger charge is -2.32. The monoisotopic (exact) mass is 382 g/mol. The molecule has 7 heteroatoms. The lowest BCUT2D eigenvalue weighted by molar-refractivity contribution is -0.126. The fourth-order valence-electron chi connectivity index (χ4n) is 3.06. The van der Waals surface area contributed by atoms with Crippen molar-refractivity contribution in [3.8, 4) is 11.5 Å². The molecule has 1 heterocycles. The third kappa shape index (κ3) is 4.81. The van der Waals surface area contributed by atoms with Gasteiger partial charge >= 0.3 is 0 Å². The number of amides is 2. The van der Waals surface area contributed by atoms with E-state index < -0.39 is 0 Å². The van der Waals surface area contributed by atoms with Gasteiger partial charge in [-0.2, -0.15) is 0 Å². The number of rotatable bonds is 6. The fraction of sp³-hybridized carbons (Fsp3) is 0.579. The molecule has 1 N–H and O–H groups in total. The Bertz CT molecular complexity index is 655. The van der Waals surface area contributed by atoms with E-state index >= 15 is 0 Å². The van der Waals surface area contributed by atoms with E-state index in [1.807, 2.05) is 20.8 Å². The summed E-state index contributed by atoms with van der Waals surface area (Å²) in [4.78, 5) is 26.7. The molecule has 0 atom stereocenters. The van der Waals surface area contributed by atoms with Gasteiger partial charge in [0.25, 0.3) is 5.91 Å². The van der Waals surface area contributed by atoms with Gasteiger partial charge in [-0.05, 0) is 45.7 Å². The summed E-state index contributed by atoms with van der Waals surface area (Å²) in [6.45, 7) is 7.28. The van der Waals surface area contributed by atoms with Gasteiger partial charge < -0.3 is 19.7 Å². The minimum Gasteiger partial charge on any atom is -0.493 e. The largest absolute Gasteiger partial charge is 0.493 e. The molecule has 144 valence electrons. The van der Waals surface area contributed by atoms with Crippen molar-refractivity contribution < 1.29 is 19.1 Å². The van der Waals surface area contributed by atoms with E-state index in [1.54, 1.807) is 17.0 Å². The quantitative estimate of drug-likeness (QED) is 0.820. The predicted molar refractivity (Wildman–Crippen MR) is 101 cm³/mol. The van der Waals surface area contributed by atoms with Crippen LogP contribution in [-0.4, -0.2) is 49.6 Å². The van der Waals surface area contributed by atoms with Crippen LogP contribution in [0.4, 0.5) is 0 Å². The highest BCUT2D eigenvalue weighted by Crippen LogP contribution is 2.37. The summed E-state index contributed by atoms with van der Waals surface area (Å²) in [5.41, 5.74) is 0.459. The molecular weight excluding hydrogens is 356 g/mol. The Morgan fingerprint density at radius 2 is 1.96 bits per heavy atom. The molecule has 1 aliphatic heterocycles. The third-order valence-corrected chi connectivity index (χ3v) is 4.63. The number of methoxy groups -OCH3 is 1. The Labute approximate surface area is 159 Å². The Morgan fingerprint density at radius 3 is 2.50 bits per heavy atom. The summed E-state index contributed by atoms with van der Waals surface area (Å²) in [6, 6.07) is 3.38. The normalized spacial score (nSPS) is 15.1. The maximum Gasteiger partial charge on any atom is 0.254 e. The van der Waals surface area contributed by atoms with Crippen LogP contribution in [-0.2, 0) is 4.79 Å². The van der Waals surface area contributed by atoms with Gasteiger partial charge in [0.05, 0.1) is 18.7 Å². The Kier molecular flexibility index (Phi) is 7.14. The van der Waals surface area contributed by atoms with Crippen molar-refractivity contribution in [3.05, 3.63) is 22.7 Å². The highest BCUT2D eigenvalue weighted by molar-refractivity contribution is 6.32. The van der Waals surface area contributed by atoms with Gasteiger partial charge in [0, 0.05) is 30.6 Å². The van der Waals surface area contributed by atoms with Crippen molar-refractivity contribution in [2.75, 3.05) is 26.8 Å². The molecule has 0 unspecified atom stereocenters. The summed E-state index contributed by atoms with van der Waals surface area (Å²) >= 11 is 6.26. The van der Waals surface area contributed by atoms with Crippen LogP contribution in [0.1, 0.15) is 44.0 Å². The van der Waals surface area contributed by atoms with E-state index in [4.69, 9.17) is 21.1 Å². The Balaban J connectivity index is 2.06. The first-order valence-electron chi connectivity index (χ1n) is 8.97. The summed E-state index contributed by atoms with van der Waals surface area (Å²) in [5, 5.41) is 3.29. The van der Waals surface area contributed by atoms with Gasteiger partial charge in [-0.3, -0.25) is 9.59 Å². The van der Waals surface area contributed by atoms with Crippen LogP contribution in [0.5, 0.6) is 11.5 Å². The second kappa shape index (κ2) is 9.12. The number of hydrogen-bond acceptors (Lipinski definition) is 4. The van der Waals surface area contributed by atoms with E-state index in [9.17, 15) is 9.59 Å². The molecule has 0 saturated carbocycles. The van der Waals surface area contributed by atoms with E-state index in [2.05, 4.69) is 5.32 Å². The van der Waals surface area contributed by atoms with Gasteiger partial charge in [-0.25, -0.2) is 0 Å². The zero-order chi connectivity index (χ0) is 19.3. The van der Waals surface area contributed by atoms with Crippen molar-refractivity contribution in [3.63, 3.8) is 0 Å². The minimum atomic E-state index is -0.115. The fourth-order valence-corrected chi connectivity index (χ4v) is 3.32. The number of halogens is 1. The molecule has 1 aliphatic rings. The smallest absolute Gasteiger partial charge is 0.254 e. The Hall–Kier alpha value is -1.95. The first kappa shape index (κ1) is 20.4. The number of piperidine rings is 1. The van der Waals surface area contributed by atoms with Crippen LogP contribution in [0.2, 0.25) is 5.02 Å². The summed E-state index contributed by atoms with van der Waals surface area (Å²) in [6.07, 6.45) is 1.32. The Morgan fingerprint density at radius 1 is 1.31 bits per heavy atom. The number of likely N-dealkylation sites (tertiary alicyclic amines) is 1. The number of hydrogen-bond donors (Lipinski definition) is 1. The molecule has 1 aromatic rings. The van der Waals surface area contributed by atoms with Gasteiger partial charge in [0.15, 0.2) is 11.5 Å². The van der Waals surface area contributed by atoms with E-state index in [0.717, 1.165) is 0 Å². The second-order valence-electron chi connectivity index (χ2n) is 6.65. The lowest BCUT2D eigenvalue weighted by atomic mass is 9.95. The van der Waals surface area contributed by atoms with Crippen molar-refractivity contribution in [1.82, 2.24) is 10.2 Å². The third-order valence-electron chi connectivity index (χ3n) is 4.35. The van der Waals surface area contributed by atoms with Gasteiger partial charge in [-0.15, -0.1) is 0 Å².